The van der Waals surface area contributed by atoms with Crippen LogP contribution >= 0.6 is 11.3 Å². The summed E-state index contributed by atoms with van der Waals surface area (Å²) in [6.45, 7) is 6.58. The molecule has 1 N–H and O–H groups in total. The van der Waals surface area contributed by atoms with E-state index in [9.17, 15) is 5.11 Å². The summed E-state index contributed by atoms with van der Waals surface area (Å²) >= 11 is 1.69. The Hall–Kier alpha value is -1.71. The molecule has 1 unspecified atom stereocenters. The van der Waals surface area contributed by atoms with Crippen LogP contribution in [0.25, 0.3) is 10.8 Å². The van der Waals surface area contributed by atoms with E-state index in [1.807, 2.05) is 36.5 Å². The Balaban J connectivity index is 2.05. The molecule has 3 heteroatoms. The summed E-state index contributed by atoms with van der Waals surface area (Å²) < 4.78 is 0. The summed E-state index contributed by atoms with van der Waals surface area (Å²) in [7, 11) is 0. The molecule has 2 heterocycles. The second-order valence-electron chi connectivity index (χ2n) is 6.30. The number of aliphatic hydroxyl groups excluding tert-OH is 1. The molecule has 0 radical (unpaired) electrons. The quantitative estimate of drug-likeness (QED) is 0.745. The van der Waals surface area contributed by atoms with Crippen LogP contribution in [0.15, 0.2) is 48.8 Å². The zero-order valence-electron chi connectivity index (χ0n) is 12.5. The minimum atomic E-state index is -0.586. The molecule has 1 aromatic carbocycles. The molecule has 0 bridgehead atoms. The zero-order chi connectivity index (χ0) is 15.0. The van der Waals surface area contributed by atoms with E-state index in [4.69, 9.17) is 0 Å². The molecule has 3 rings (SSSR count). The van der Waals surface area contributed by atoms with Gasteiger partial charge in [0, 0.05) is 27.5 Å². The van der Waals surface area contributed by atoms with Gasteiger partial charge in [0.15, 0.2) is 0 Å². The molecule has 108 valence electrons. The van der Waals surface area contributed by atoms with Gasteiger partial charge in [0.05, 0.1) is 0 Å². The van der Waals surface area contributed by atoms with E-state index >= 15 is 0 Å². The fraction of sp³-hybridized carbons (Fsp3) is 0.278. The smallest absolute Gasteiger partial charge is 0.114 e. The third-order valence-corrected chi connectivity index (χ3v) is 5.21. The molecule has 0 spiro atoms. The van der Waals surface area contributed by atoms with E-state index in [1.165, 1.54) is 4.88 Å². The average molecular weight is 297 g/mol. The van der Waals surface area contributed by atoms with Crippen LogP contribution in [0.4, 0.5) is 0 Å². The Morgan fingerprint density at radius 1 is 1.10 bits per heavy atom. The van der Waals surface area contributed by atoms with Crippen molar-refractivity contribution in [1.29, 1.82) is 0 Å². The van der Waals surface area contributed by atoms with E-state index in [2.05, 4.69) is 31.8 Å². The molecule has 1 atom stereocenters. The number of hydrogen-bond donors (Lipinski definition) is 1. The summed E-state index contributed by atoms with van der Waals surface area (Å²) in [6.07, 6.45) is 3.02. The van der Waals surface area contributed by atoms with Crippen molar-refractivity contribution < 1.29 is 5.11 Å². The van der Waals surface area contributed by atoms with Gasteiger partial charge in [-0.25, -0.2) is 0 Å². The third kappa shape index (κ3) is 2.71. The maximum atomic E-state index is 10.8. The van der Waals surface area contributed by atoms with Crippen LogP contribution in [0.2, 0.25) is 0 Å². The topological polar surface area (TPSA) is 33.1 Å². The van der Waals surface area contributed by atoms with Gasteiger partial charge in [-0.3, -0.25) is 4.98 Å². The van der Waals surface area contributed by atoms with Crippen molar-refractivity contribution >= 4 is 22.1 Å². The molecule has 0 aliphatic rings. The lowest BCUT2D eigenvalue weighted by Crippen LogP contribution is -2.07. The van der Waals surface area contributed by atoms with E-state index in [0.717, 1.165) is 21.2 Å². The molecule has 2 aromatic heterocycles. The van der Waals surface area contributed by atoms with Gasteiger partial charge in [-0.05, 0) is 34.6 Å². The van der Waals surface area contributed by atoms with Gasteiger partial charge in [0.25, 0.3) is 0 Å². The highest BCUT2D eigenvalue weighted by molar-refractivity contribution is 7.12. The van der Waals surface area contributed by atoms with Crippen LogP contribution < -0.4 is 0 Å². The van der Waals surface area contributed by atoms with E-state index < -0.39 is 6.10 Å². The van der Waals surface area contributed by atoms with Crippen molar-refractivity contribution in [2.24, 2.45) is 0 Å². The van der Waals surface area contributed by atoms with E-state index in [1.54, 1.807) is 17.5 Å². The summed E-state index contributed by atoms with van der Waals surface area (Å²) in [5, 5.41) is 12.9. The first-order valence-corrected chi connectivity index (χ1v) is 7.89. The number of thiophene rings is 1. The highest BCUT2D eigenvalue weighted by atomic mass is 32.1. The lowest BCUT2D eigenvalue weighted by Gasteiger charge is -2.16. The predicted octanol–water partition coefficient (Wildman–Crippen LogP) is 4.68. The number of hydrogen-bond acceptors (Lipinski definition) is 3. The second kappa shape index (κ2) is 5.24. The molecular formula is C18H19NOS. The highest BCUT2D eigenvalue weighted by Crippen LogP contribution is 2.36. The minimum absolute atomic E-state index is 0.116. The zero-order valence-corrected chi connectivity index (χ0v) is 13.3. The monoisotopic (exact) mass is 297 g/mol. The molecule has 0 fully saturated rings. The van der Waals surface area contributed by atoms with Crippen molar-refractivity contribution in [2.45, 2.75) is 32.3 Å². The number of fused-ring (bicyclic) bond motifs is 1. The van der Waals surface area contributed by atoms with Gasteiger partial charge >= 0.3 is 0 Å². The summed E-state index contributed by atoms with van der Waals surface area (Å²) in [4.78, 5) is 6.42. The number of aliphatic hydroxyl groups is 1. The number of aromatic nitrogens is 1. The number of nitrogens with zero attached hydrogens (tertiary/aromatic N) is 1. The molecule has 3 aromatic rings. The SMILES string of the molecule is CC(C)(C)c1ccc(C(O)c2cccc3cnccc23)s1. The average Bonchev–Trinajstić information content (AvgIpc) is 2.96. The van der Waals surface area contributed by atoms with Gasteiger partial charge < -0.3 is 5.11 Å². The molecule has 0 amide bonds. The van der Waals surface area contributed by atoms with Crippen LogP contribution in [-0.4, -0.2) is 10.1 Å². The van der Waals surface area contributed by atoms with Crippen LogP contribution in [0.5, 0.6) is 0 Å². The van der Waals surface area contributed by atoms with Gasteiger partial charge in [-0.2, -0.15) is 0 Å². The molecule has 0 saturated carbocycles. The van der Waals surface area contributed by atoms with Crippen LogP contribution in [0.1, 0.15) is 42.2 Å². The first-order valence-electron chi connectivity index (χ1n) is 7.08. The number of pyridine rings is 1. The minimum Gasteiger partial charge on any atom is -0.383 e. The van der Waals surface area contributed by atoms with Crippen LogP contribution in [0.3, 0.4) is 0 Å². The molecule has 0 aliphatic heterocycles. The first-order chi connectivity index (χ1) is 9.97. The standard InChI is InChI=1S/C18H19NOS/c1-18(2,3)16-8-7-15(21-16)17(20)14-6-4-5-12-11-19-10-9-13(12)14/h4-11,17,20H,1-3H3. The summed E-state index contributed by atoms with van der Waals surface area (Å²) in [6, 6.07) is 12.1. The first kappa shape index (κ1) is 14.2. The molecule has 2 nitrogen and oxygen atoms in total. The Morgan fingerprint density at radius 3 is 2.62 bits per heavy atom. The summed E-state index contributed by atoms with van der Waals surface area (Å²) in [5.74, 6) is 0. The maximum Gasteiger partial charge on any atom is 0.114 e. The Bertz CT molecular complexity index is 765. The summed E-state index contributed by atoms with van der Waals surface area (Å²) in [5.41, 5.74) is 1.06. The lowest BCUT2D eigenvalue weighted by atomic mass is 9.95. The molecule has 0 saturated heterocycles. The van der Waals surface area contributed by atoms with E-state index in [-0.39, 0.29) is 5.41 Å². The van der Waals surface area contributed by atoms with E-state index in [0.29, 0.717) is 0 Å². The molecule has 21 heavy (non-hydrogen) atoms. The van der Waals surface area contributed by atoms with Gasteiger partial charge in [-0.1, -0.05) is 39.0 Å². The Morgan fingerprint density at radius 2 is 1.90 bits per heavy atom. The van der Waals surface area contributed by atoms with Gasteiger partial charge in [0.1, 0.15) is 6.10 Å². The van der Waals surface area contributed by atoms with Gasteiger partial charge in [-0.15, -0.1) is 11.3 Å². The lowest BCUT2D eigenvalue weighted by molar-refractivity contribution is 0.226. The molecular weight excluding hydrogens is 278 g/mol. The Kier molecular flexibility index (Phi) is 3.56. The van der Waals surface area contributed by atoms with Crippen LogP contribution in [0, 0.1) is 0 Å². The molecule has 0 aliphatic carbocycles. The predicted molar refractivity (Wildman–Crippen MR) is 88.8 cm³/mol. The third-order valence-electron chi connectivity index (χ3n) is 3.64. The fourth-order valence-electron chi connectivity index (χ4n) is 2.44. The largest absolute Gasteiger partial charge is 0.383 e. The van der Waals surface area contributed by atoms with Crippen molar-refractivity contribution in [3.8, 4) is 0 Å². The second-order valence-corrected chi connectivity index (χ2v) is 7.41. The number of rotatable bonds is 2. The maximum absolute atomic E-state index is 10.8. The Labute approximate surface area is 129 Å². The van der Waals surface area contributed by atoms with Crippen molar-refractivity contribution in [3.05, 3.63) is 64.1 Å². The fourth-order valence-corrected chi connectivity index (χ4v) is 3.51. The normalized spacial score (nSPS) is 13.5. The van der Waals surface area contributed by atoms with Crippen LogP contribution in [-0.2, 0) is 5.41 Å². The van der Waals surface area contributed by atoms with Gasteiger partial charge in [0.2, 0.25) is 0 Å². The van der Waals surface area contributed by atoms with Crippen molar-refractivity contribution in [2.75, 3.05) is 0 Å². The van der Waals surface area contributed by atoms with Crippen molar-refractivity contribution in [3.63, 3.8) is 0 Å². The number of benzene rings is 1. The highest BCUT2D eigenvalue weighted by Gasteiger charge is 2.20. The van der Waals surface area contributed by atoms with Crippen molar-refractivity contribution in [1.82, 2.24) is 4.98 Å².